The molecule has 2 heterocycles. The fourth-order valence-corrected chi connectivity index (χ4v) is 4.96. The van der Waals surface area contributed by atoms with Crippen LogP contribution in [0.3, 0.4) is 0 Å². The molecule has 4 heteroatoms. The molecule has 2 aliphatic rings. The van der Waals surface area contributed by atoms with E-state index >= 15 is 0 Å². The number of carbonyl (C=O) groups excluding carboxylic acids is 1. The van der Waals surface area contributed by atoms with E-state index in [1.165, 1.54) is 30.4 Å². The maximum Gasteiger partial charge on any atom is 0.255 e. The number of carbonyl (C=O) groups is 1. The highest BCUT2D eigenvalue weighted by Crippen LogP contribution is 2.35. The quantitative estimate of drug-likeness (QED) is 0.774. The van der Waals surface area contributed by atoms with Crippen LogP contribution in [0.2, 0.25) is 0 Å². The van der Waals surface area contributed by atoms with Gasteiger partial charge in [-0.2, -0.15) is 0 Å². The first-order chi connectivity index (χ1) is 14.1. The Bertz CT molecular complexity index is 819. The molecule has 2 aromatic rings. The number of nitrogens with zero attached hydrogens (tertiary/aromatic N) is 1. The maximum atomic E-state index is 12.9. The Morgan fingerprint density at radius 1 is 1.07 bits per heavy atom. The van der Waals surface area contributed by atoms with Gasteiger partial charge in [-0.15, -0.1) is 0 Å². The molecule has 1 amide bonds. The van der Waals surface area contributed by atoms with E-state index in [-0.39, 0.29) is 11.9 Å². The van der Waals surface area contributed by atoms with Crippen molar-refractivity contribution in [3.05, 3.63) is 65.2 Å². The molecule has 2 aromatic carbocycles. The largest absolute Gasteiger partial charge is 0.493 e. The molecule has 2 bridgehead atoms. The highest BCUT2D eigenvalue weighted by Gasteiger charge is 2.38. The van der Waals surface area contributed by atoms with E-state index in [1.807, 2.05) is 31.2 Å². The first-order valence-electron chi connectivity index (χ1n) is 11.0. The molecule has 0 saturated carbocycles. The normalized spacial score (nSPS) is 24.1. The fourth-order valence-electron chi connectivity index (χ4n) is 4.96. The highest BCUT2D eigenvalue weighted by molar-refractivity contribution is 5.97. The Morgan fingerprint density at radius 2 is 1.76 bits per heavy atom. The van der Waals surface area contributed by atoms with E-state index in [1.54, 1.807) is 0 Å². The molecule has 0 aromatic heterocycles. The average molecular weight is 393 g/mol. The number of para-hydroxylation sites is 1. The molecule has 2 aliphatic heterocycles. The van der Waals surface area contributed by atoms with Crippen LogP contribution >= 0.6 is 0 Å². The van der Waals surface area contributed by atoms with E-state index in [0.717, 1.165) is 19.4 Å². The maximum absolute atomic E-state index is 12.9. The third-order valence-electron chi connectivity index (χ3n) is 6.38. The minimum Gasteiger partial charge on any atom is -0.493 e. The van der Waals surface area contributed by atoms with Crippen LogP contribution in [-0.2, 0) is 6.54 Å². The summed E-state index contributed by atoms with van der Waals surface area (Å²) >= 11 is 0. The van der Waals surface area contributed by atoms with Crippen molar-refractivity contribution in [2.75, 3.05) is 6.61 Å². The van der Waals surface area contributed by atoms with Crippen LogP contribution < -0.4 is 10.1 Å². The number of piperidine rings is 2. The van der Waals surface area contributed by atoms with Crippen molar-refractivity contribution in [1.82, 2.24) is 10.2 Å². The second kappa shape index (κ2) is 9.00. The van der Waals surface area contributed by atoms with Crippen LogP contribution in [0, 0.1) is 6.92 Å². The molecule has 2 fully saturated rings. The predicted octanol–water partition coefficient (Wildman–Crippen LogP) is 4.71. The van der Waals surface area contributed by atoms with Crippen LogP contribution in [-0.4, -0.2) is 35.5 Å². The lowest BCUT2D eigenvalue weighted by molar-refractivity contribution is 0.0176. The zero-order chi connectivity index (χ0) is 20.2. The summed E-state index contributed by atoms with van der Waals surface area (Å²) in [5.74, 6) is 0.661. The summed E-state index contributed by atoms with van der Waals surface area (Å²) in [6, 6.07) is 17.8. The van der Waals surface area contributed by atoms with Gasteiger partial charge in [0.2, 0.25) is 0 Å². The van der Waals surface area contributed by atoms with Gasteiger partial charge >= 0.3 is 0 Å². The molecular formula is C25H32N2O2. The van der Waals surface area contributed by atoms with Crippen molar-refractivity contribution in [1.29, 1.82) is 0 Å². The molecule has 2 atom stereocenters. The van der Waals surface area contributed by atoms with Gasteiger partial charge in [0.1, 0.15) is 5.75 Å². The van der Waals surface area contributed by atoms with E-state index in [4.69, 9.17) is 4.74 Å². The number of benzene rings is 2. The predicted molar refractivity (Wildman–Crippen MR) is 116 cm³/mol. The van der Waals surface area contributed by atoms with E-state index in [0.29, 0.717) is 30.0 Å². The minimum absolute atomic E-state index is 0.0101. The van der Waals surface area contributed by atoms with Crippen molar-refractivity contribution < 1.29 is 9.53 Å². The number of ether oxygens (including phenoxy) is 1. The lowest BCUT2D eigenvalue weighted by atomic mass is 9.81. The van der Waals surface area contributed by atoms with Gasteiger partial charge in [-0.05, 0) is 57.2 Å². The Balaban J connectivity index is 1.42. The molecule has 1 N–H and O–H groups in total. The van der Waals surface area contributed by atoms with Crippen molar-refractivity contribution in [2.24, 2.45) is 0 Å². The summed E-state index contributed by atoms with van der Waals surface area (Å²) in [5.41, 5.74) is 3.34. The molecule has 154 valence electrons. The third kappa shape index (κ3) is 4.64. The number of fused-ring (bicyclic) bond motifs is 2. The van der Waals surface area contributed by atoms with Gasteiger partial charge in [-0.3, -0.25) is 9.69 Å². The number of nitrogens with one attached hydrogen (secondary N) is 1. The van der Waals surface area contributed by atoms with Gasteiger partial charge in [0.25, 0.3) is 5.91 Å². The third-order valence-corrected chi connectivity index (χ3v) is 6.38. The molecule has 0 unspecified atom stereocenters. The molecule has 0 spiro atoms. The second-order valence-electron chi connectivity index (χ2n) is 8.47. The van der Waals surface area contributed by atoms with Crippen LogP contribution in [0.4, 0.5) is 0 Å². The minimum atomic E-state index is -0.0101. The Morgan fingerprint density at radius 3 is 2.45 bits per heavy atom. The van der Waals surface area contributed by atoms with Gasteiger partial charge in [0.05, 0.1) is 12.2 Å². The van der Waals surface area contributed by atoms with Crippen molar-refractivity contribution in [3.8, 4) is 5.75 Å². The molecule has 29 heavy (non-hydrogen) atoms. The number of hydrogen-bond donors (Lipinski definition) is 1. The van der Waals surface area contributed by atoms with E-state index < -0.39 is 0 Å². The van der Waals surface area contributed by atoms with Crippen LogP contribution in [0.25, 0.3) is 0 Å². The van der Waals surface area contributed by atoms with Crippen LogP contribution in [0.5, 0.6) is 5.75 Å². The first-order valence-corrected chi connectivity index (χ1v) is 11.0. The van der Waals surface area contributed by atoms with E-state index in [9.17, 15) is 4.79 Å². The van der Waals surface area contributed by atoms with Gasteiger partial charge in [-0.1, -0.05) is 48.4 Å². The number of amides is 1. The summed E-state index contributed by atoms with van der Waals surface area (Å²) in [5, 5.41) is 3.31. The van der Waals surface area contributed by atoms with Gasteiger partial charge in [0.15, 0.2) is 0 Å². The molecule has 4 nitrogen and oxygen atoms in total. The van der Waals surface area contributed by atoms with Crippen molar-refractivity contribution in [2.45, 2.75) is 70.6 Å². The smallest absolute Gasteiger partial charge is 0.255 e. The Labute approximate surface area is 174 Å². The second-order valence-corrected chi connectivity index (χ2v) is 8.47. The number of hydrogen-bond acceptors (Lipinski definition) is 3. The number of rotatable bonds is 6. The van der Waals surface area contributed by atoms with Crippen LogP contribution in [0.15, 0.2) is 48.5 Å². The lowest BCUT2D eigenvalue weighted by Crippen LogP contribution is -2.56. The van der Waals surface area contributed by atoms with Crippen molar-refractivity contribution >= 4 is 5.91 Å². The van der Waals surface area contributed by atoms with Crippen molar-refractivity contribution in [3.63, 3.8) is 0 Å². The van der Waals surface area contributed by atoms with E-state index in [2.05, 4.69) is 41.4 Å². The Kier molecular flexibility index (Phi) is 6.19. The number of aryl methyl sites for hydroxylation is 1. The topological polar surface area (TPSA) is 41.6 Å². The summed E-state index contributed by atoms with van der Waals surface area (Å²) in [7, 11) is 0. The highest BCUT2D eigenvalue weighted by atomic mass is 16.5. The zero-order valence-electron chi connectivity index (χ0n) is 17.6. The fraction of sp³-hybridized carbons (Fsp3) is 0.480. The van der Waals surface area contributed by atoms with Crippen LogP contribution in [0.1, 0.15) is 60.5 Å². The summed E-state index contributed by atoms with van der Waals surface area (Å²) < 4.78 is 5.64. The summed E-state index contributed by atoms with van der Waals surface area (Å²) in [6.45, 7) is 5.66. The monoisotopic (exact) mass is 392 g/mol. The molecule has 2 saturated heterocycles. The summed E-state index contributed by atoms with van der Waals surface area (Å²) in [4.78, 5) is 15.6. The Hall–Kier alpha value is -2.33. The molecule has 0 aliphatic carbocycles. The zero-order valence-corrected chi connectivity index (χ0v) is 17.6. The molecular weight excluding hydrogens is 360 g/mol. The van der Waals surface area contributed by atoms with Gasteiger partial charge in [-0.25, -0.2) is 0 Å². The lowest BCUT2D eigenvalue weighted by Gasteiger charge is -2.49. The molecule has 4 rings (SSSR count). The van der Waals surface area contributed by atoms with Gasteiger partial charge in [0, 0.05) is 24.7 Å². The average Bonchev–Trinajstić information content (AvgIpc) is 2.71. The first kappa shape index (κ1) is 20.0. The SMILES string of the molecule is CCOc1ccccc1C(=O)NC1C[C@H]2CCC[C@H](C1)N2Cc1ccc(C)cc1. The molecule has 0 radical (unpaired) electrons. The summed E-state index contributed by atoms with van der Waals surface area (Å²) in [6.07, 6.45) is 5.82. The standard InChI is InChI=1S/C25H32N2O2/c1-3-29-24-10-5-4-9-23(24)25(28)26-20-15-21-7-6-8-22(16-20)27(21)17-19-13-11-18(2)12-14-19/h4-5,9-14,20-22H,3,6-8,15-17H2,1-2H3,(H,26,28)/t21-,22-/m1/s1. The van der Waals surface area contributed by atoms with Gasteiger partial charge < -0.3 is 10.1 Å².